The van der Waals surface area contributed by atoms with Gasteiger partial charge in [-0.2, -0.15) is 18.4 Å². The first kappa shape index (κ1) is 17.0. The van der Waals surface area contributed by atoms with Crippen molar-refractivity contribution in [3.63, 3.8) is 0 Å². The van der Waals surface area contributed by atoms with E-state index in [-0.39, 0.29) is 12.1 Å². The summed E-state index contributed by atoms with van der Waals surface area (Å²) < 4.78 is 45.2. The van der Waals surface area contributed by atoms with Gasteiger partial charge in [0, 0.05) is 6.42 Å². The molecule has 0 aliphatic carbocycles. The minimum atomic E-state index is -4.80. The van der Waals surface area contributed by atoms with E-state index < -0.39 is 58.8 Å². The molecule has 1 aromatic carbocycles. The standard InChI is InChI=1S/C17H13F3N2O4/c1-16-5-10(23)13(26-16)11-12(16)15(25)22(14(11)24)8-3-2-7(6-21)9(4-8)17(18,19)20/h2-4,10-13,23H,5H2,1H3/t10-,11?,12+,13?,16?/m0/s1. The fraction of sp³-hybridized carbons (Fsp3) is 0.471. The summed E-state index contributed by atoms with van der Waals surface area (Å²) in [5.41, 5.74) is -3.06. The average Bonchev–Trinajstić information content (AvgIpc) is 3.12. The largest absolute Gasteiger partial charge is 0.417 e. The fourth-order valence-electron chi connectivity index (χ4n) is 4.40. The number of ether oxygens (including phenoxy) is 1. The van der Waals surface area contributed by atoms with E-state index in [0.29, 0.717) is 6.07 Å². The van der Waals surface area contributed by atoms with Crippen molar-refractivity contribution in [2.45, 2.75) is 37.3 Å². The van der Waals surface area contributed by atoms with E-state index >= 15 is 0 Å². The summed E-state index contributed by atoms with van der Waals surface area (Å²) in [4.78, 5) is 26.3. The molecule has 5 atom stereocenters. The molecule has 2 bridgehead atoms. The van der Waals surface area contributed by atoms with E-state index in [1.807, 2.05) is 0 Å². The number of nitriles is 1. The number of hydrogen-bond donors (Lipinski definition) is 1. The van der Waals surface area contributed by atoms with Crippen LogP contribution in [0.2, 0.25) is 0 Å². The zero-order valence-electron chi connectivity index (χ0n) is 13.4. The lowest BCUT2D eigenvalue weighted by molar-refractivity contribution is -0.138. The van der Waals surface area contributed by atoms with Gasteiger partial charge >= 0.3 is 6.18 Å². The first-order valence-electron chi connectivity index (χ1n) is 7.93. The predicted molar refractivity (Wildman–Crippen MR) is 79.5 cm³/mol. The molecule has 1 N–H and O–H groups in total. The molecule has 0 spiro atoms. The zero-order chi connectivity index (χ0) is 19.0. The van der Waals surface area contributed by atoms with Gasteiger partial charge in [-0.15, -0.1) is 0 Å². The maximum absolute atomic E-state index is 13.2. The number of aliphatic hydroxyl groups excluding tert-OH is 1. The molecule has 2 amide bonds. The van der Waals surface area contributed by atoms with Gasteiger partial charge in [0.1, 0.15) is 0 Å². The lowest BCUT2D eigenvalue weighted by atomic mass is 9.73. The highest BCUT2D eigenvalue weighted by Crippen LogP contribution is 2.55. The third-order valence-corrected chi connectivity index (χ3v) is 5.45. The van der Waals surface area contributed by atoms with Gasteiger partial charge in [0.25, 0.3) is 0 Å². The van der Waals surface area contributed by atoms with Crippen molar-refractivity contribution in [2.24, 2.45) is 11.8 Å². The van der Waals surface area contributed by atoms with Crippen LogP contribution in [0.15, 0.2) is 18.2 Å². The van der Waals surface area contributed by atoms with Gasteiger partial charge in [0.2, 0.25) is 11.8 Å². The molecular formula is C17H13F3N2O4. The predicted octanol–water partition coefficient (Wildman–Crippen LogP) is 1.60. The van der Waals surface area contributed by atoms with E-state index in [0.717, 1.165) is 17.0 Å². The molecule has 3 aliphatic heterocycles. The van der Waals surface area contributed by atoms with Crippen LogP contribution in [0, 0.1) is 23.2 Å². The summed E-state index contributed by atoms with van der Waals surface area (Å²) >= 11 is 0. The topological polar surface area (TPSA) is 90.6 Å². The van der Waals surface area contributed by atoms with E-state index in [1.54, 1.807) is 6.92 Å². The lowest BCUT2D eigenvalue weighted by Gasteiger charge is -2.27. The Morgan fingerprint density at radius 2 is 2.04 bits per heavy atom. The number of amides is 2. The molecule has 4 rings (SSSR count). The van der Waals surface area contributed by atoms with E-state index in [1.165, 1.54) is 6.07 Å². The van der Waals surface area contributed by atoms with Crippen LogP contribution in [0.3, 0.4) is 0 Å². The number of halogens is 3. The normalized spacial score (nSPS) is 35.8. The first-order valence-corrected chi connectivity index (χ1v) is 7.93. The van der Waals surface area contributed by atoms with Crippen molar-refractivity contribution in [1.82, 2.24) is 0 Å². The van der Waals surface area contributed by atoms with Crippen LogP contribution in [0.1, 0.15) is 24.5 Å². The van der Waals surface area contributed by atoms with Gasteiger partial charge in [-0.25, -0.2) is 4.90 Å². The number of carbonyl (C=O) groups is 2. The van der Waals surface area contributed by atoms with Crippen LogP contribution < -0.4 is 4.90 Å². The molecule has 136 valence electrons. The number of benzene rings is 1. The van der Waals surface area contributed by atoms with Crippen molar-refractivity contribution >= 4 is 17.5 Å². The molecule has 3 aliphatic rings. The Morgan fingerprint density at radius 1 is 1.35 bits per heavy atom. The number of nitrogens with zero attached hydrogens (tertiary/aromatic N) is 2. The zero-order valence-corrected chi connectivity index (χ0v) is 13.4. The van der Waals surface area contributed by atoms with Crippen molar-refractivity contribution in [2.75, 3.05) is 4.90 Å². The molecule has 3 unspecified atom stereocenters. The van der Waals surface area contributed by atoms with Gasteiger partial charge in [-0.1, -0.05) is 0 Å². The number of aliphatic hydroxyl groups is 1. The van der Waals surface area contributed by atoms with Crippen molar-refractivity contribution in [3.05, 3.63) is 29.3 Å². The van der Waals surface area contributed by atoms with Gasteiger partial charge in [0.15, 0.2) is 0 Å². The van der Waals surface area contributed by atoms with Crippen LogP contribution in [0.4, 0.5) is 18.9 Å². The lowest BCUT2D eigenvalue weighted by Crippen LogP contribution is -2.42. The number of alkyl halides is 3. The Kier molecular flexibility index (Phi) is 3.30. The van der Waals surface area contributed by atoms with Crippen LogP contribution >= 0.6 is 0 Å². The Hall–Kier alpha value is -2.44. The highest BCUT2D eigenvalue weighted by Gasteiger charge is 2.70. The molecule has 0 saturated carbocycles. The summed E-state index contributed by atoms with van der Waals surface area (Å²) in [6.07, 6.45) is -6.35. The third kappa shape index (κ3) is 2.06. The number of anilines is 1. The van der Waals surface area contributed by atoms with Crippen LogP contribution in [0.5, 0.6) is 0 Å². The Bertz CT molecular complexity index is 878. The molecule has 3 saturated heterocycles. The number of imide groups is 1. The SMILES string of the molecule is CC12C[C@H](O)C(O1)C1C(=O)N(c3ccc(C#N)c(C(F)(F)F)c3)C(=O)[C@@H]12. The number of carbonyl (C=O) groups excluding carboxylic acids is 2. The number of hydrogen-bond acceptors (Lipinski definition) is 5. The van der Waals surface area contributed by atoms with Crippen molar-refractivity contribution < 1.29 is 32.6 Å². The van der Waals surface area contributed by atoms with E-state index in [4.69, 9.17) is 10.00 Å². The maximum atomic E-state index is 13.2. The average molecular weight is 366 g/mol. The van der Waals surface area contributed by atoms with Gasteiger partial charge in [-0.3, -0.25) is 9.59 Å². The second-order valence-corrected chi connectivity index (χ2v) is 7.02. The maximum Gasteiger partial charge on any atom is 0.417 e. The molecule has 0 radical (unpaired) electrons. The van der Waals surface area contributed by atoms with Gasteiger partial charge < -0.3 is 9.84 Å². The second kappa shape index (κ2) is 5.05. The Labute approximate surface area is 145 Å². The number of fused-ring (bicyclic) bond motifs is 5. The Balaban J connectivity index is 1.78. The van der Waals surface area contributed by atoms with E-state index in [9.17, 15) is 27.9 Å². The van der Waals surface area contributed by atoms with Gasteiger partial charge in [0.05, 0.1) is 52.5 Å². The fourth-order valence-corrected chi connectivity index (χ4v) is 4.40. The summed E-state index contributed by atoms with van der Waals surface area (Å²) in [5.74, 6) is -3.09. The molecular weight excluding hydrogens is 353 g/mol. The molecule has 0 aromatic heterocycles. The minimum Gasteiger partial charge on any atom is -0.390 e. The molecule has 1 aromatic rings. The van der Waals surface area contributed by atoms with E-state index in [2.05, 4.69) is 0 Å². The summed E-state index contributed by atoms with van der Waals surface area (Å²) in [5, 5.41) is 18.9. The number of rotatable bonds is 1. The van der Waals surface area contributed by atoms with Gasteiger partial charge in [-0.05, 0) is 25.1 Å². The molecule has 3 fully saturated rings. The molecule has 3 heterocycles. The molecule has 26 heavy (non-hydrogen) atoms. The third-order valence-electron chi connectivity index (χ3n) is 5.45. The smallest absolute Gasteiger partial charge is 0.390 e. The van der Waals surface area contributed by atoms with Crippen LogP contribution in [0.25, 0.3) is 0 Å². The highest BCUT2D eigenvalue weighted by atomic mass is 19.4. The molecule has 9 heteroatoms. The minimum absolute atomic E-state index is 0.187. The second-order valence-electron chi connectivity index (χ2n) is 7.02. The summed E-state index contributed by atoms with van der Waals surface area (Å²) in [7, 11) is 0. The highest BCUT2D eigenvalue weighted by molar-refractivity contribution is 6.23. The summed E-state index contributed by atoms with van der Waals surface area (Å²) in [6.45, 7) is 1.62. The first-order chi connectivity index (χ1) is 12.1. The van der Waals surface area contributed by atoms with Crippen LogP contribution in [-0.2, 0) is 20.5 Å². The van der Waals surface area contributed by atoms with Crippen molar-refractivity contribution in [3.8, 4) is 6.07 Å². The van der Waals surface area contributed by atoms with Crippen LogP contribution in [-0.4, -0.2) is 34.7 Å². The monoisotopic (exact) mass is 366 g/mol. The molecule has 6 nitrogen and oxygen atoms in total. The summed E-state index contributed by atoms with van der Waals surface area (Å²) in [6, 6.07) is 4.18. The quantitative estimate of drug-likeness (QED) is 0.763. The Morgan fingerprint density at radius 3 is 2.65 bits per heavy atom. The van der Waals surface area contributed by atoms with Crippen molar-refractivity contribution in [1.29, 1.82) is 5.26 Å².